The Morgan fingerprint density at radius 2 is 2.08 bits per heavy atom. The Labute approximate surface area is 91.6 Å². The summed E-state index contributed by atoms with van der Waals surface area (Å²) in [7, 11) is 0. The van der Waals surface area contributed by atoms with Crippen molar-refractivity contribution in [3.63, 3.8) is 0 Å². The molecule has 2 aliphatic rings. The summed E-state index contributed by atoms with van der Waals surface area (Å²) in [4.78, 5) is 0. The van der Waals surface area contributed by atoms with Crippen LogP contribution in [-0.2, 0) is 4.74 Å². The summed E-state index contributed by atoms with van der Waals surface area (Å²) in [5.41, 5.74) is 0.326. The SMILES string of the molecule is CC(C)(C)C12C=CC(CC1)O2.I. The van der Waals surface area contributed by atoms with Gasteiger partial charge in [-0.25, -0.2) is 0 Å². The average molecular weight is 280 g/mol. The molecule has 0 aromatic carbocycles. The molecule has 2 heteroatoms. The smallest absolute Gasteiger partial charge is 0.0920 e. The molecule has 2 aliphatic heterocycles. The van der Waals surface area contributed by atoms with Gasteiger partial charge >= 0.3 is 0 Å². The van der Waals surface area contributed by atoms with Gasteiger partial charge < -0.3 is 4.74 Å². The van der Waals surface area contributed by atoms with Crippen LogP contribution in [0.25, 0.3) is 0 Å². The second-order valence-corrected chi connectivity index (χ2v) is 4.69. The number of ether oxygens (including phenoxy) is 1. The van der Waals surface area contributed by atoms with Crippen LogP contribution >= 0.6 is 24.0 Å². The zero-order valence-corrected chi connectivity index (χ0v) is 10.3. The van der Waals surface area contributed by atoms with Gasteiger partial charge in [-0.05, 0) is 18.3 Å². The van der Waals surface area contributed by atoms with Gasteiger partial charge in [-0.2, -0.15) is 0 Å². The Hall–Kier alpha value is 0.430. The zero-order chi connectivity index (χ0) is 8.11. The molecule has 2 unspecified atom stereocenters. The molecule has 1 fully saturated rings. The Morgan fingerprint density at radius 3 is 2.25 bits per heavy atom. The van der Waals surface area contributed by atoms with E-state index in [1.807, 2.05) is 0 Å². The third-order valence-corrected chi connectivity index (χ3v) is 3.01. The third kappa shape index (κ3) is 1.33. The van der Waals surface area contributed by atoms with E-state index in [2.05, 4.69) is 32.9 Å². The monoisotopic (exact) mass is 280 g/mol. The highest BCUT2D eigenvalue weighted by Crippen LogP contribution is 2.48. The summed E-state index contributed by atoms with van der Waals surface area (Å²) < 4.78 is 5.91. The van der Waals surface area contributed by atoms with E-state index in [0.29, 0.717) is 6.10 Å². The lowest BCUT2D eigenvalue weighted by Gasteiger charge is -2.36. The van der Waals surface area contributed by atoms with E-state index < -0.39 is 0 Å². The van der Waals surface area contributed by atoms with Crippen LogP contribution in [0, 0.1) is 5.41 Å². The average Bonchev–Trinajstić information content (AvgIpc) is 2.42. The number of halogens is 1. The van der Waals surface area contributed by atoms with Crippen LogP contribution in [0.2, 0.25) is 0 Å². The highest BCUT2D eigenvalue weighted by Gasteiger charge is 2.49. The van der Waals surface area contributed by atoms with Gasteiger partial charge in [0.15, 0.2) is 0 Å². The Balaban J connectivity index is 0.000000720. The van der Waals surface area contributed by atoms with Gasteiger partial charge in [0.2, 0.25) is 0 Å². The molecule has 0 amide bonds. The molecule has 0 spiro atoms. The second kappa shape index (κ2) is 2.98. The molecule has 0 N–H and O–H groups in total. The molecule has 2 rings (SSSR count). The Morgan fingerprint density at radius 1 is 1.42 bits per heavy atom. The lowest BCUT2D eigenvalue weighted by atomic mass is 9.73. The molecule has 70 valence electrons. The summed E-state index contributed by atoms with van der Waals surface area (Å²) in [6.07, 6.45) is 7.33. The summed E-state index contributed by atoms with van der Waals surface area (Å²) in [5, 5.41) is 0. The number of hydrogen-bond acceptors (Lipinski definition) is 1. The fraction of sp³-hybridized carbons (Fsp3) is 0.800. The molecule has 0 aromatic rings. The van der Waals surface area contributed by atoms with Gasteiger partial charge in [-0.3, -0.25) is 0 Å². The van der Waals surface area contributed by atoms with Crippen molar-refractivity contribution in [3.05, 3.63) is 12.2 Å². The van der Waals surface area contributed by atoms with Crippen molar-refractivity contribution in [3.8, 4) is 0 Å². The van der Waals surface area contributed by atoms with E-state index in [9.17, 15) is 0 Å². The summed E-state index contributed by atoms with van der Waals surface area (Å²) in [5.74, 6) is 0. The molecule has 0 aliphatic carbocycles. The topological polar surface area (TPSA) is 9.23 Å². The molecule has 0 radical (unpaired) electrons. The minimum atomic E-state index is 0. The molecule has 2 heterocycles. The van der Waals surface area contributed by atoms with Crippen molar-refractivity contribution in [1.82, 2.24) is 0 Å². The van der Waals surface area contributed by atoms with Crippen LogP contribution in [0.15, 0.2) is 12.2 Å². The van der Waals surface area contributed by atoms with Gasteiger partial charge in [0.05, 0.1) is 11.7 Å². The van der Waals surface area contributed by atoms with E-state index in [1.54, 1.807) is 0 Å². The highest BCUT2D eigenvalue weighted by molar-refractivity contribution is 14.0. The largest absolute Gasteiger partial charge is 0.363 e. The van der Waals surface area contributed by atoms with E-state index >= 15 is 0 Å². The minimum absolute atomic E-state index is 0. The van der Waals surface area contributed by atoms with Gasteiger partial charge in [0.1, 0.15) is 0 Å². The predicted octanol–water partition coefficient (Wildman–Crippen LogP) is 3.14. The molecule has 0 aromatic heterocycles. The second-order valence-electron chi connectivity index (χ2n) is 4.69. The quantitative estimate of drug-likeness (QED) is 0.489. The number of rotatable bonds is 0. The lowest BCUT2D eigenvalue weighted by molar-refractivity contribution is -0.0441. The first-order valence-corrected chi connectivity index (χ1v) is 4.41. The summed E-state index contributed by atoms with van der Waals surface area (Å²) in [6.45, 7) is 6.76. The van der Waals surface area contributed by atoms with Crippen LogP contribution in [-0.4, -0.2) is 11.7 Å². The Kier molecular flexibility index (Phi) is 2.61. The van der Waals surface area contributed by atoms with Gasteiger partial charge in [-0.15, -0.1) is 24.0 Å². The van der Waals surface area contributed by atoms with Gasteiger partial charge in [0.25, 0.3) is 0 Å². The first kappa shape index (κ1) is 10.5. The molecule has 1 nitrogen and oxygen atoms in total. The van der Waals surface area contributed by atoms with E-state index in [-0.39, 0.29) is 35.0 Å². The van der Waals surface area contributed by atoms with E-state index in [0.717, 1.165) is 0 Å². The fourth-order valence-corrected chi connectivity index (χ4v) is 2.07. The molecule has 2 atom stereocenters. The first-order valence-electron chi connectivity index (χ1n) is 4.41. The summed E-state index contributed by atoms with van der Waals surface area (Å²) >= 11 is 0. The van der Waals surface area contributed by atoms with Crippen LogP contribution in [0.4, 0.5) is 0 Å². The maximum absolute atomic E-state index is 5.91. The standard InChI is InChI=1S/C10H16O.HI/c1-9(2,3)10-6-4-8(11-10)5-7-10;/h4,6,8H,5,7H2,1-3H3;1H. The number of fused-ring (bicyclic) bond motifs is 2. The van der Waals surface area contributed by atoms with Crippen molar-refractivity contribution in [2.24, 2.45) is 5.41 Å². The normalized spacial score (nSPS) is 38.4. The van der Waals surface area contributed by atoms with Crippen LogP contribution < -0.4 is 0 Å². The minimum Gasteiger partial charge on any atom is -0.363 e. The van der Waals surface area contributed by atoms with Crippen LogP contribution in [0.3, 0.4) is 0 Å². The molecular weight excluding hydrogens is 263 g/mol. The number of hydrogen-bond donors (Lipinski definition) is 0. The maximum atomic E-state index is 5.91. The van der Waals surface area contributed by atoms with Crippen LogP contribution in [0.1, 0.15) is 33.6 Å². The van der Waals surface area contributed by atoms with E-state index in [4.69, 9.17) is 4.74 Å². The molecule has 2 bridgehead atoms. The first-order chi connectivity index (χ1) is 5.04. The maximum Gasteiger partial charge on any atom is 0.0920 e. The van der Waals surface area contributed by atoms with Crippen molar-refractivity contribution in [1.29, 1.82) is 0 Å². The van der Waals surface area contributed by atoms with Gasteiger partial charge in [-0.1, -0.05) is 32.9 Å². The molecule has 0 saturated carbocycles. The van der Waals surface area contributed by atoms with Crippen molar-refractivity contribution in [2.45, 2.75) is 45.3 Å². The molecule has 1 saturated heterocycles. The van der Waals surface area contributed by atoms with E-state index in [1.165, 1.54) is 12.8 Å². The highest BCUT2D eigenvalue weighted by atomic mass is 127. The van der Waals surface area contributed by atoms with Crippen molar-refractivity contribution in [2.75, 3.05) is 0 Å². The zero-order valence-electron chi connectivity index (χ0n) is 7.96. The third-order valence-electron chi connectivity index (χ3n) is 3.01. The Bertz CT molecular complexity index is 204. The molecular formula is C10H17IO. The summed E-state index contributed by atoms with van der Waals surface area (Å²) in [6, 6.07) is 0. The van der Waals surface area contributed by atoms with Crippen molar-refractivity contribution >= 4 is 24.0 Å². The fourth-order valence-electron chi connectivity index (χ4n) is 2.07. The molecule has 12 heavy (non-hydrogen) atoms. The van der Waals surface area contributed by atoms with Gasteiger partial charge in [0, 0.05) is 0 Å². The predicted molar refractivity (Wildman–Crippen MR) is 60.8 cm³/mol. The van der Waals surface area contributed by atoms with Crippen molar-refractivity contribution < 1.29 is 4.74 Å². The lowest BCUT2D eigenvalue weighted by Crippen LogP contribution is -2.38. The van der Waals surface area contributed by atoms with Crippen LogP contribution in [0.5, 0.6) is 0 Å².